The average Bonchev–Trinajstić information content (AvgIpc) is 2.55. The summed E-state index contributed by atoms with van der Waals surface area (Å²) in [5, 5.41) is 5.35. The lowest BCUT2D eigenvalue weighted by Crippen LogP contribution is -2.62. The van der Waals surface area contributed by atoms with Crippen molar-refractivity contribution in [1.82, 2.24) is 5.32 Å². The van der Waals surface area contributed by atoms with E-state index in [2.05, 4.69) is 10.0 Å². The third-order valence-electron chi connectivity index (χ3n) is 2.74. The maximum Gasteiger partial charge on any atom is 0.409 e. The van der Waals surface area contributed by atoms with Gasteiger partial charge in [0.05, 0.1) is 13.2 Å². The topological polar surface area (TPSA) is 140 Å². The van der Waals surface area contributed by atoms with Crippen LogP contribution in [0.4, 0.5) is 4.79 Å². The Kier molecular flexibility index (Phi) is 8.54. The molecular formula is C16H28N4O6. The number of esters is 2. The third-order valence-corrected chi connectivity index (χ3v) is 2.74. The van der Waals surface area contributed by atoms with Gasteiger partial charge in [-0.05, 0) is 59.4 Å². The van der Waals surface area contributed by atoms with Gasteiger partial charge in [0, 0.05) is 14.2 Å². The molecule has 0 aliphatic rings. The Morgan fingerprint density at radius 3 is 2.08 bits per heavy atom. The van der Waals surface area contributed by atoms with Crippen LogP contribution >= 0.6 is 0 Å². The van der Waals surface area contributed by atoms with E-state index >= 15 is 0 Å². The van der Waals surface area contributed by atoms with Gasteiger partial charge in [0.1, 0.15) is 5.60 Å². The Hall–Kier alpha value is -2.48. The number of hydrogen-bond acceptors (Lipinski definition) is 7. The Morgan fingerprint density at radius 1 is 1.12 bits per heavy atom. The predicted molar refractivity (Wildman–Crippen MR) is 93.2 cm³/mol. The summed E-state index contributed by atoms with van der Waals surface area (Å²) in [5.41, 5.74) is 4.58. The minimum atomic E-state index is -2.79. The van der Waals surface area contributed by atoms with Crippen molar-refractivity contribution in [3.8, 4) is 0 Å². The van der Waals surface area contributed by atoms with E-state index in [-0.39, 0.29) is 26.2 Å². The molecule has 0 spiro atoms. The number of alkyl carbamates (subject to hydrolysis) is 1. The summed E-state index contributed by atoms with van der Waals surface area (Å²) in [4.78, 5) is 40.3. The molecule has 0 fully saturated rings. The van der Waals surface area contributed by atoms with Crippen LogP contribution in [0.5, 0.6) is 0 Å². The Balaban J connectivity index is 6.15. The van der Waals surface area contributed by atoms with Crippen LogP contribution in [0, 0.1) is 0 Å². The molecule has 0 saturated carbocycles. The summed E-state index contributed by atoms with van der Waals surface area (Å²) in [6.07, 6.45) is -4.21. The van der Waals surface area contributed by atoms with Gasteiger partial charge in [-0.2, -0.15) is 0 Å². The van der Waals surface area contributed by atoms with Crippen LogP contribution in [0.15, 0.2) is 5.11 Å². The highest BCUT2D eigenvalue weighted by molar-refractivity contribution is 6.07. The molecule has 0 heterocycles. The first-order valence-electron chi connectivity index (χ1n) is 9.24. The van der Waals surface area contributed by atoms with Gasteiger partial charge in [0.25, 0.3) is 0 Å². The molecule has 26 heavy (non-hydrogen) atoms. The highest BCUT2D eigenvalue weighted by Gasteiger charge is 2.50. The summed E-state index contributed by atoms with van der Waals surface area (Å²) in [7, 11) is 0. The summed E-state index contributed by atoms with van der Waals surface area (Å²) in [5.74, 6) is -2.62. The molecule has 0 aromatic rings. The van der Waals surface area contributed by atoms with Gasteiger partial charge in [-0.25, -0.2) is 14.4 Å². The molecule has 0 unspecified atom stereocenters. The zero-order chi connectivity index (χ0) is 22.0. The van der Waals surface area contributed by atoms with Gasteiger partial charge in [-0.1, -0.05) is 5.11 Å². The van der Waals surface area contributed by atoms with E-state index in [4.69, 9.17) is 22.5 Å². The number of azide groups is 1. The van der Waals surface area contributed by atoms with Crippen LogP contribution in [-0.4, -0.2) is 48.9 Å². The van der Waals surface area contributed by atoms with E-state index in [1.165, 1.54) is 13.8 Å². The van der Waals surface area contributed by atoms with E-state index in [9.17, 15) is 14.4 Å². The Labute approximate surface area is 156 Å². The normalized spacial score (nSPS) is 12.8. The standard InChI is InChI=1S/C16H28N4O6/c1-6-24-12(21)16(13(22)25-7-2,10-8-9-11-18-20-17)19-14(23)26-15(3,4)5/h6-11H2,1-5H3,(H,19,23)/i10D2. The maximum atomic E-state index is 12.7. The monoisotopic (exact) mass is 374 g/mol. The number of nitrogens with zero attached hydrogens (tertiary/aromatic N) is 3. The molecule has 1 N–H and O–H groups in total. The van der Waals surface area contributed by atoms with E-state index in [0.717, 1.165) is 0 Å². The fraction of sp³-hybridized carbons (Fsp3) is 0.812. The van der Waals surface area contributed by atoms with Crippen molar-refractivity contribution in [2.75, 3.05) is 19.8 Å². The van der Waals surface area contributed by atoms with E-state index in [0.29, 0.717) is 0 Å². The van der Waals surface area contributed by atoms with Gasteiger partial charge in [-0.3, -0.25) is 5.32 Å². The van der Waals surface area contributed by atoms with Crippen molar-refractivity contribution in [3.63, 3.8) is 0 Å². The lowest BCUT2D eigenvalue weighted by molar-refractivity contribution is -0.166. The smallest absolute Gasteiger partial charge is 0.409 e. The molecule has 0 aromatic heterocycles. The number of carbonyl (C=O) groups excluding carboxylic acids is 3. The largest absolute Gasteiger partial charge is 0.464 e. The van der Waals surface area contributed by atoms with Gasteiger partial charge in [0.2, 0.25) is 5.54 Å². The van der Waals surface area contributed by atoms with Crippen molar-refractivity contribution >= 4 is 18.0 Å². The summed E-state index contributed by atoms with van der Waals surface area (Å²) >= 11 is 0. The van der Waals surface area contributed by atoms with Crippen LogP contribution in [0.3, 0.4) is 0 Å². The summed E-state index contributed by atoms with van der Waals surface area (Å²) in [6.45, 7) is 7.25. The molecular weight excluding hydrogens is 344 g/mol. The van der Waals surface area contributed by atoms with Crippen LogP contribution in [0.1, 0.15) is 56.6 Å². The molecule has 10 nitrogen and oxygen atoms in total. The summed E-state index contributed by atoms with van der Waals surface area (Å²) < 4.78 is 31.6. The van der Waals surface area contributed by atoms with Gasteiger partial charge >= 0.3 is 18.0 Å². The molecule has 10 heteroatoms. The highest BCUT2D eigenvalue weighted by Crippen LogP contribution is 2.21. The lowest BCUT2D eigenvalue weighted by Gasteiger charge is -2.31. The molecule has 0 rings (SSSR count). The van der Waals surface area contributed by atoms with Crippen molar-refractivity contribution in [1.29, 1.82) is 0 Å². The van der Waals surface area contributed by atoms with Gasteiger partial charge < -0.3 is 14.2 Å². The number of ether oxygens (including phenoxy) is 3. The molecule has 0 aliphatic heterocycles. The molecule has 1 amide bonds. The minimum absolute atomic E-state index is 0.00756. The van der Waals surface area contributed by atoms with E-state index in [1.807, 2.05) is 5.32 Å². The lowest BCUT2D eigenvalue weighted by atomic mass is 9.92. The van der Waals surface area contributed by atoms with E-state index < -0.39 is 42.0 Å². The summed E-state index contributed by atoms with van der Waals surface area (Å²) in [6, 6.07) is 0. The van der Waals surface area contributed by atoms with Crippen molar-refractivity contribution in [2.45, 2.75) is 65.0 Å². The zero-order valence-electron chi connectivity index (χ0n) is 17.8. The number of rotatable bonds is 10. The van der Waals surface area contributed by atoms with Gasteiger partial charge in [-0.15, -0.1) is 0 Å². The molecule has 0 radical (unpaired) electrons. The van der Waals surface area contributed by atoms with Crippen molar-refractivity contribution < 1.29 is 31.3 Å². The molecule has 0 aliphatic carbocycles. The first kappa shape index (κ1) is 19.8. The molecule has 148 valence electrons. The number of amides is 1. The van der Waals surface area contributed by atoms with Crippen molar-refractivity contribution in [3.05, 3.63) is 10.4 Å². The van der Waals surface area contributed by atoms with Crippen molar-refractivity contribution in [2.24, 2.45) is 5.11 Å². The Morgan fingerprint density at radius 2 is 1.65 bits per heavy atom. The van der Waals surface area contributed by atoms with Crippen LogP contribution in [0.2, 0.25) is 0 Å². The zero-order valence-corrected chi connectivity index (χ0v) is 15.8. The SMILES string of the molecule is [2H]C([2H])(CCCN=[N+]=[N-])C(NC(=O)OC(C)(C)C)(C(=O)OCC)C(=O)OCC. The molecule has 0 aromatic carbocycles. The Bertz CT molecular complexity index is 597. The number of carbonyl (C=O) groups is 3. The molecule has 0 atom stereocenters. The second-order valence-corrected chi connectivity index (χ2v) is 6.05. The highest BCUT2D eigenvalue weighted by atomic mass is 16.6. The second kappa shape index (κ2) is 11.2. The number of hydrogen-bond donors (Lipinski definition) is 1. The van der Waals surface area contributed by atoms with Crippen LogP contribution in [-0.2, 0) is 23.8 Å². The van der Waals surface area contributed by atoms with E-state index in [1.54, 1.807) is 20.8 Å². The predicted octanol–water partition coefficient (Wildman–Crippen LogP) is 2.86. The average molecular weight is 374 g/mol. The first-order chi connectivity index (χ1) is 12.9. The third kappa shape index (κ3) is 8.06. The van der Waals surface area contributed by atoms with Crippen LogP contribution in [0.25, 0.3) is 10.4 Å². The fourth-order valence-corrected chi connectivity index (χ4v) is 1.78. The quantitative estimate of drug-likeness (QED) is 0.119. The number of nitrogens with one attached hydrogen (secondary N) is 1. The minimum Gasteiger partial charge on any atom is -0.464 e. The second-order valence-electron chi connectivity index (χ2n) is 6.05. The fourth-order valence-electron chi connectivity index (χ4n) is 1.78. The molecule has 0 bridgehead atoms. The molecule has 0 saturated heterocycles. The maximum absolute atomic E-state index is 12.7. The first-order valence-corrected chi connectivity index (χ1v) is 8.24. The van der Waals surface area contributed by atoms with Gasteiger partial charge in [0.15, 0.2) is 0 Å². The van der Waals surface area contributed by atoms with Crippen LogP contribution < -0.4 is 5.32 Å².